The molecule has 0 saturated carbocycles. The van der Waals surface area contributed by atoms with E-state index < -0.39 is 22.5 Å². The van der Waals surface area contributed by atoms with E-state index in [1.165, 1.54) is 48.1 Å². The smallest absolute Gasteiger partial charge is 0.337 e. The van der Waals surface area contributed by atoms with Crippen LogP contribution >= 0.6 is 33.2 Å². The number of aromatic nitrogens is 2. The Labute approximate surface area is 314 Å². The predicted molar refractivity (Wildman–Crippen MR) is 204 cm³/mol. The number of aromatic carboxylic acids is 1. The van der Waals surface area contributed by atoms with Gasteiger partial charge in [-0.15, -0.1) is 24.8 Å². The van der Waals surface area contributed by atoms with Gasteiger partial charge in [-0.25, -0.2) is 14.2 Å². The molecule has 0 bridgehead atoms. The van der Waals surface area contributed by atoms with Gasteiger partial charge in [-0.1, -0.05) is 59.7 Å². The van der Waals surface area contributed by atoms with Crippen molar-refractivity contribution < 1.29 is 33.7 Å². The van der Waals surface area contributed by atoms with Gasteiger partial charge < -0.3 is 14.4 Å². The summed E-state index contributed by atoms with van der Waals surface area (Å²) in [5.41, 5.74) is 0.528. The quantitative estimate of drug-likeness (QED) is 0.0546. The molecule has 0 spiro atoms. The van der Waals surface area contributed by atoms with E-state index in [4.69, 9.17) is 21.4 Å². The van der Waals surface area contributed by atoms with Crippen LogP contribution in [0.5, 0.6) is 0 Å². The van der Waals surface area contributed by atoms with Crippen molar-refractivity contribution in [2.24, 2.45) is 10.9 Å². The van der Waals surface area contributed by atoms with Gasteiger partial charge in [-0.2, -0.15) is 0 Å². The number of carbonyl (C=O) groups is 2. The number of imidazole rings is 1. The second-order valence-corrected chi connectivity index (χ2v) is 12.9. The molecule has 2 aromatic carbocycles. The molecule has 3 aromatic rings. The molecule has 5 rings (SSSR count). The highest BCUT2D eigenvalue weighted by Crippen LogP contribution is 2.40. The number of benzene rings is 2. The number of carboxylic acid groups (broad SMARTS) is 1. The molecule has 0 amide bonds. The maximum Gasteiger partial charge on any atom is 0.337 e. The van der Waals surface area contributed by atoms with Crippen LogP contribution in [0.4, 0.5) is 15.8 Å². The zero-order chi connectivity index (χ0) is 39.2. The highest BCUT2D eigenvalue weighted by Gasteiger charge is 2.30. The number of nitro groups is 2. The number of non-ortho nitro benzene ring substituents is 2. The first-order chi connectivity index (χ1) is 24.9. The van der Waals surface area contributed by atoms with E-state index in [1.807, 2.05) is 33.1 Å². The number of esters is 1. The van der Waals surface area contributed by atoms with E-state index >= 15 is 0 Å². The van der Waals surface area contributed by atoms with Crippen molar-refractivity contribution >= 4 is 62.7 Å². The number of fused-ring (bicyclic) bond motifs is 3. The minimum absolute atomic E-state index is 0.0408. The van der Waals surface area contributed by atoms with Gasteiger partial charge >= 0.3 is 11.9 Å². The number of nitrogens with zero attached hydrogens (tertiary/aromatic N) is 5. The summed E-state index contributed by atoms with van der Waals surface area (Å²) in [4.78, 5) is 52.2. The molecule has 1 aliphatic heterocycles. The van der Waals surface area contributed by atoms with Crippen LogP contribution in [-0.2, 0) is 22.7 Å². The number of carboxylic acids is 1. The number of rotatable bonds is 9. The van der Waals surface area contributed by atoms with Gasteiger partial charge in [-0.05, 0) is 31.5 Å². The van der Waals surface area contributed by atoms with E-state index in [-0.39, 0.29) is 46.9 Å². The fraction of sp³-hybridized carbons (Fsp3) is 0.314. The van der Waals surface area contributed by atoms with Crippen molar-refractivity contribution in [3.05, 3.63) is 123 Å². The predicted octanol–water partition coefficient (Wildman–Crippen LogP) is 9.62. The average molecular weight is 778 g/mol. The van der Waals surface area contributed by atoms with E-state index in [0.717, 1.165) is 34.8 Å². The number of hydrogen-bond donors (Lipinski definition) is 1. The summed E-state index contributed by atoms with van der Waals surface area (Å²) in [6.45, 7) is 14.1. The molecule has 0 saturated heterocycles. The lowest BCUT2D eigenvalue weighted by Gasteiger charge is -2.29. The minimum Gasteiger partial charge on any atom is -0.478 e. The van der Waals surface area contributed by atoms with Crippen LogP contribution in [0.1, 0.15) is 62.0 Å². The monoisotopic (exact) mass is 777 g/mol. The summed E-state index contributed by atoms with van der Waals surface area (Å²) in [6.07, 6.45) is 11.7. The fourth-order valence-corrected chi connectivity index (χ4v) is 6.75. The van der Waals surface area contributed by atoms with E-state index in [9.17, 15) is 34.2 Å². The summed E-state index contributed by atoms with van der Waals surface area (Å²) in [5, 5.41) is 30.5. The molecule has 3 atom stereocenters. The van der Waals surface area contributed by atoms with Gasteiger partial charge in [0, 0.05) is 53.1 Å². The summed E-state index contributed by atoms with van der Waals surface area (Å²) < 4.78 is 17.8. The number of alkyl halides is 2. The first-order valence-corrected chi connectivity index (χ1v) is 18.3. The van der Waals surface area contributed by atoms with Gasteiger partial charge in [0.1, 0.15) is 19.1 Å². The van der Waals surface area contributed by atoms with Crippen molar-refractivity contribution in [1.82, 2.24) is 9.55 Å². The minimum atomic E-state index is -1.26. The van der Waals surface area contributed by atoms with Crippen molar-refractivity contribution in [3.8, 4) is 0 Å². The third-order valence-corrected chi connectivity index (χ3v) is 9.22. The van der Waals surface area contributed by atoms with E-state index in [0.29, 0.717) is 16.3 Å². The molecule has 280 valence electrons. The molecule has 1 aromatic heterocycles. The van der Waals surface area contributed by atoms with Crippen LogP contribution in [0, 0.1) is 26.1 Å². The van der Waals surface area contributed by atoms with E-state index in [1.54, 1.807) is 24.4 Å². The Morgan fingerprint density at radius 2 is 1.69 bits per heavy atom. The summed E-state index contributed by atoms with van der Waals surface area (Å²) >= 11 is 6.19. The molecular weight excluding hydrogens is 737 g/mol. The molecular formula is C35H41ClFN5O8S2. The number of halogens is 2. The van der Waals surface area contributed by atoms with Crippen molar-refractivity contribution in [2.75, 3.05) is 6.67 Å². The molecule has 1 aliphatic carbocycles. The molecule has 17 heteroatoms. The molecule has 3 unspecified atom stereocenters. The molecule has 2 aliphatic rings. The van der Waals surface area contributed by atoms with E-state index in [2.05, 4.69) is 33.8 Å². The second-order valence-electron chi connectivity index (χ2n) is 10.1. The number of aliphatic imine (C=N–C) groups is 1. The van der Waals surface area contributed by atoms with Crippen LogP contribution in [0.2, 0.25) is 0 Å². The maximum atomic E-state index is 11.2. The summed E-state index contributed by atoms with van der Waals surface area (Å²) in [5.74, 6) is -0.549. The van der Waals surface area contributed by atoms with Gasteiger partial charge in [0.25, 0.3) is 11.4 Å². The topological polar surface area (TPSA) is 180 Å². The van der Waals surface area contributed by atoms with Crippen LogP contribution in [0.3, 0.4) is 0 Å². The van der Waals surface area contributed by atoms with Crippen LogP contribution < -0.4 is 0 Å². The normalized spacial score (nSPS) is 16.0. The molecule has 52 heavy (non-hydrogen) atoms. The zero-order valence-corrected chi connectivity index (χ0v) is 31.5. The third-order valence-electron chi connectivity index (χ3n) is 6.44. The SMILES string of the molecule is C=CC.C=CCF.CC.CC(=O)OCc1ncc2n1C1C=CC(Cl)CC1C=NC2.O=C(O)c1cc([N+](=O)[O-])ccc1SSc1ccc([N+](=O)[O-])cc1. The van der Waals surface area contributed by atoms with Crippen LogP contribution in [-0.4, -0.2) is 54.7 Å². The van der Waals surface area contributed by atoms with Crippen molar-refractivity contribution in [3.63, 3.8) is 0 Å². The number of carbonyl (C=O) groups excluding carboxylic acids is 1. The highest BCUT2D eigenvalue weighted by molar-refractivity contribution is 8.76. The summed E-state index contributed by atoms with van der Waals surface area (Å²) in [7, 11) is 2.31. The van der Waals surface area contributed by atoms with Crippen LogP contribution in [0.25, 0.3) is 0 Å². The largest absolute Gasteiger partial charge is 0.478 e. The van der Waals surface area contributed by atoms with Gasteiger partial charge in [-0.3, -0.25) is 30.0 Å². The van der Waals surface area contributed by atoms with Crippen molar-refractivity contribution in [2.45, 2.75) is 68.5 Å². The maximum absolute atomic E-state index is 11.2. The van der Waals surface area contributed by atoms with Crippen LogP contribution in [0.15, 0.2) is 101 Å². The standard InChI is InChI=1S/C14H16ClN3O2.C13H8N2O6S2.C3H5F.C3H6.C2H6/c1-9(19)20-8-14-17-7-12-6-16-5-10-4-11(15)2-3-13(10)18(12)14;16-13(17)11-7-9(15(20)21)3-6-12(11)23-22-10-4-1-8(2-5-10)14(18)19;1-2-3-4;1-3-2;1-2/h2-3,5,7,10-11,13H,4,6,8H2,1H3;1-7H,(H,16,17);2H,1,3H2;3H,1H2,2H3;1-2H3. The lowest BCUT2D eigenvalue weighted by molar-refractivity contribution is -0.385. The first-order valence-electron chi connectivity index (χ1n) is 15.7. The summed E-state index contributed by atoms with van der Waals surface area (Å²) in [6, 6.07) is 9.52. The number of allylic oxidation sites excluding steroid dienone is 4. The first kappa shape index (κ1) is 45.2. The zero-order valence-electron chi connectivity index (χ0n) is 29.1. The number of hydrogen-bond acceptors (Lipinski definition) is 11. The number of ether oxygens (including phenoxy) is 1. The molecule has 2 heterocycles. The lowest BCUT2D eigenvalue weighted by atomic mass is 9.90. The van der Waals surface area contributed by atoms with Gasteiger partial charge in [0.05, 0.1) is 45.3 Å². The molecule has 1 N–H and O–H groups in total. The lowest BCUT2D eigenvalue weighted by Crippen LogP contribution is -2.26. The Morgan fingerprint density at radius 1 is 1.10 bits per heavy atom. The molecule has 0 radical (unpaired) electrons. The number of nitro benzene ring substituents is 2. The Kier molecular flexibility index (Phi) is 21.2. The Bertz CT molecular complexity index is 1720. The molecule has 0 fully saturated rings. The van der Waals surface area contributed by atoms with Crippen molar-refractivity contribution in [1.29, 1.82) is 0 Å². The Morgan fingerprint density at radius 3 is 2.23 bits per heavy atom. The van der Waals surface area contributed by atoms with Gasteiger partial charge in [0.2, 0.25) is 0 Å². The average Bonchev–Trinajstić information content (AvgIpc) is 3.44. The molecule has 13 nitrogen and oxygen atoms in total. The highest BCUT2D eigenvalue weighted by atomic mass is 35.5. The Balaban J connectivity index is 0.000000426. The Hall–Kier alpha value is -4.80. The second kappa shape index (κ2) is 24.4. The third kappa shape index (κ3) is 14.8. The van der Waals surface area contributed by atoms with Gasteiger partial charge in [0.15, 0.2) is 0 Å². The fourth-order valence-electron chi connectivity index (χ4n) is 4.34.